The Morgan fingerprint density at radius 2 is 0.878 bits per heavy atom. The van der Waals surface area contributed by atoms with Crippen LogP contribution in [0, 0.1) is 0 Å². The van der Waals surface area contributed by atoms with Gasteiger partial charge in [0.05, 0.1) is 31.3 Å². The molecule has 0 spiro atoms. The minimum absolute atomic E-state index is 0.00481. The molecule has 1 amide bonds. The van der Waals surface area contributed by atoms with Gasteiger partial charge in [0, 0.05) is 0 Å². The molecule has 288 valence electrons. The summed E-state index contributed by atoms with van der Waals surface area (Å²) in [6, 6.07) is -0.764. The Labute approximate surface area is 304 Å². The van der Waals surface area contributed by atoms with Gasteiger partial charge in [-0.25, -0.2) is 0 Å². The third kappa shape index (κ3) is 36.2. The molecule has 0 saturated carbocycles. The van der Waals surface area contributed by atoms with Gasteiger partial charge in [0.15, 0.2) is 0 Å². The summed E-state index contributed by atoms with van der Waals surface area (Å²) in [5, 5.41) is 33.1. The number of nitrogens with one attached hydrogen (secondary N) is 1. The van der Waals surface area contributed by atoms with Crippen molar-refractivity contribution in [3.63, 3.8) is 0 Å². The van der Waals surface area contributed by atoms with Crippen LogP contribution < -0.4 is 5.32 Å². The minimum Gasteiger partial charge on any atom is -0.394 e. The molecule has 49 heavy (non-hydrogen) atoms. The van der Waals surface area contributed by atoms with Gasteiger partial charge >= 0.3 is 0 Å². The smallest absolute Gasteiger partial charge is 0.222 e. The van der Waals surface area contributed by atoms with Crippen LogP contribution in [0.25, 0.3) is 0 Å². The maximum absolute atomic E-state index is 12.4. The summed E-state index contributed by atoms with van der Waals surface area (Å²) < 4.78 is 0. The molecule has 0 saturated heterocycles. The number of hydrogen-bond donors (Lipinski definition) is 4. The lowest BCUT2D eigenvalue weighted by atomic mass is 10.0. The lowest BCUT2D eigenvalue weighted by molar-refractivity contribution is -0.124. The van der Waals surface area contributed by atoms with Gasteiger partial charge in [0.2, 0.25) is 5.91 Å². The van der Waals surface area contributed by atoms with E-state index < -0.39 is 18.2 Å². The van der Waals surface area contributed by atoms with E-state index in [0.717, 1.165) is 38.5 Å². The molecule has 0 aliphatic heterocycles. The molecule has 5 heteroatoms. The van der Waals surface area contributed by atoms with Gasteiger partial charge in [-0.05, 0) is 44.9 Å². The van der Waals surface area contributed by atoms with Crippen LogP contribution in [0.4, 0.5) is 0 Å². The standard InChI is InChI=1S/C44H83NO4/c1-3-5-7-9-11-13-15-17-18-19-20-21-22-23-24-26-27-29-31-33-35-37-41(47)39-44(49)45-42(40-46)43(48)38-36-34-32-30-28-25-16-14-12-10-8-6-4-2/h12,14,28,30,36,38,41-43,46-48H,3-11,13,15-27,29,31-35,37,39-40H2,1-2H3,(H,45,49)/b14-12+,30-28+,38-36+. The molecule has 0 aromatic rings. The summed E-state index contributed by atoms with van der Waals surface area (Å²) in [4.78, 5) is 12.4. The molecule has 0 fully saturated rings. The SMILES string of the molecule is CCCCC/C=C/CC/C=C/CC/C=C/C(O)C(CO)NC(=O)CC(O)CCCCCCCCCCCCCCCCCCCCCCC. The lowest BCUT2D eigenvalue weighted by Crippen LogP contribution is -2.45. The minimum atomic E-state index is -0.956. The molecule has 3 unspecified atom stereocenters. The van der Waals surface area contributed by atoms with Gasteiger partial charge in [-0.2, -0.15) is 0 Å². The Balaban J connectivity index is 3.66. The number of rotatable bonds is 38. The molecular formula is C44H83NO4. The van der Waals surface area contributed by atoms with E-state index in [-0.39, 0.29) is 18.9 Å². The van der Waals surface area contributed by atoms with Gasteiger partial charge in [0.25, 0.3) is 0 Å². The number of allylic oxidation sites excluding steroid dienone is 5. The molecule has 0 bridgehead atoms. The molecule has 0 aromatic heterocycles. The van der Waals surface area contributed by atoms with Crippen LogP contribution >= 0.6 is 0 Å². The van der Waals surface area contributed by atoms with E-state index in [0.29, 0.717) is 6.42 Å². The first-order valence-corrected chi connectivity index (χ1v) is 21.3. The van der Waals surface area contributed by atoms with Gasteiger partial charge in [-0.1, -0.05) is 198 Å². The maximum Gasteiger partial charge on any atom is 0.222 e. The van der Waals surface area contributed by atoms with E-state index in [1.165, 1.54) is 148 Å². The zero-order valence-corrected chi connectivity index (χ0v) is 32.6. The summed E-state index contributed by atoms with van der Waals surface area (Å²) >= 11 is 0. The highest BCUT2D eigenvalue weighted by Gasteiger charge is 2.20. The summed E-state index contributed by atoms with van der Waals surface area (Å²) in [6.45, 7) is 4.16. The van der Waals surface area contributed by atoms with Gasteiger partial charge in [0.1, 0.15) is 0 Å². The monoisotopic (exact) mass is 690 g/mol. The zero-order valence-electron chi connectivity index (χ0n) is 32.6. The Hall–Kier alpha value is -1.43. The van der Waals surface area contributed by atoms with Crippen LogP contribution in [-0.4, -0.2) is 46.1 Å². The predicted octanol–water partition coefficient (Wildman–Crippen LogP) is 12.0. The van der Waals surface area contributed by atoms with Crippen molar-refractivity contribution in [3.8, 4) is 0 Å². The van der Waals surface area contributed by atoms with Gasteiger partial charge in [-0.3, -0.25) is 4.79 Å². The molecule has 0 rings (SSSR count). The quantitative estimate of drug-likeness (QED) is 0.0384. The highest BCUT2D eigenvalue weighted by atomic mass is 16.3. The van der Waals surface area contributed by atoms with E-state index in [4.69, 9.17) is 0 Å². The first kappa shape index (κ1) is 47.6. The molecule has 0 radical (unpaired) electrons. The van der Waals surface area contributed by atoms with E-state index in [2.05, 4.69) is 43.5 Å². The van der Waals surface area contributed by atoms with Crippen molar-refractivity contribution in [2.24, 2.45) is 0 Å². The van der Waals surface area contributed by atoms with Crippen molar-refractivity contribution < 1.29 is 20.1 Å². The summed E-state index contributed by atoms with van der Waals surface area (Å²) in [7, 11) is 0. The Bertz CT molecular complexity index is 764. The fraction of sp³-hybridized carbons (Fsp3) is 0.841. The molecular weight excluding hydrogens is 606 g/mol. The Morgan fingerprint density at radius 1 is 0.510 bits per heavy atom. The normalized spacial score (nSPS) is 14.0. The topological polar surface area (TPSA) is 89.8 Å². The van der Waals surface area contributed by atoms with Gasteiger partial charge < -0.3 is 20.6 Å². The largest absolute Gasteiger partial charge is 0.394 e. The molecule has 0 aliphatic carbocycles. The number of amides is 1. The fourth-order valence-corrected chi connectivity index (χ4v) is 6.37. The van der Waals surface area contributed by atoms with Crippen LogP contribution in [0.1, 0.15) is 213 Å². The molecule has 4 N–H and O–H groups in total. The second kappa shape index (κ2) is 39.4. The number of unbranched alkanes of at least 4 members (excludes halogenated alkanes) is 25. The van der Waals surface area contributed by atoms with E-state index >= 15 is 0 Å². The first-order chi connectivity index (χ1) is 24.0. The fourth-order valence-electron chi connectivity index (χ4n) is 6.37. The van der Waals surface area contributed by atoms with Gasteiger partial charge in [-0.15, -0.1) is 0 Å². The molecule has 5 nitrogen and oxygen atoms in total. The van der Waals surface area contributed by atoms with Crippen LogP contribution in [-0.2, 0) is 4.79 Å². The molecule has 0 aliphatic rings. The van der Waals surface area contributed by atoms with E-state index in [9.17, 15) is 20.1 Å². The Kier molecular flexibility index (Phi) is 38.2. The van der Waals surface area contributed by atoms with Crippen molar-refractivity contribution >= 4 is 5.91 Å². The number of carbonyl (C=O) groups excluding carboxylic acids is 1. The third-order valence-electron chi connectivity index (χ3n) is 9.66. The average Bonchev–Trinajstić information content (AvgIpc) is 3.09. The maximum atomic E-state index is 12.4. The van der Waals surface area contributed by atoms with Crippen molar-refractivity contribution in [1.82, 2.24) is 5.32 Å². The van der Waals surface area contributed by atoms with Crippen LogP contribution in [0.5, 0.6) is 0 Å². The van der Waals surface area contributed by atoms with Crippen LogP contribution in [0.15, 0.2) is 36.5 Å². The summed E-state index contributed by atoms with van der Waals surface area (Å²) in [5.41, 5.74) is 0. The summed E-state index contributed by atoms with van der Waals surface area (Å²) in [5.74, 6) is -0.329. The second-order valence-corrected chi connectivity index (χ2v) is 14.6. The number of aliphatic hydroxyl groups is 3. The van der Waals surface area contributed by atoms with E-state index in [1.807, 2.05) is 6.08 Å². The molecule has 3 atom stereocenters. The number of aliphatic hydroxyl groups excluding tert-OH is 3. The summed E-state index contributed by atoms with van der Waals surface area (Å²) in [6.07, 6.45) is 48.6. The Morgan fingerprint density at radius 3 is 1.31 bits per heavy atom. The highest BCUT2D eigenvalue weighted by molar-refractivity contribution is 5.76. The average molecular weight is 690 g/mol. The highest BCUT2D eigenvalue weighted by Crippen LogP contribution is 2.16. The molecule has 0 aromatic carbocycles. The van der Waals surface area contributed by atoms with Crippen molar-refractivity contribution in [1.29, 1.82) is 0 Å². The van der Waals surface area contributed by atoms with Crippen molar-refractivity contribution in [2.75, 3.05) is 6.61 Å². The number of carbonyl (C=O) groups is 1. The predicted molar refractivity (Wildman–Crippen MR) is 213 cm³/mol. The van der Waals surface area contributed by atoms with Crippen molar-refractivity contribution in [3.05, 3.63) is 36.5 Å². The van der Waals surface area contributed by atoms with E-state index in [1.54, 1.807) is 6.08 Å². The lowest BCUT2D eigenvalue weighted by Gasteiger charge is -2.21. The second-order valence-electron chi connectivity index (χ2n) is 14.6. The number of hydrogen-bond acceptors (Lipinski definition) is 4. The molecule has 0 heterocycles. The zero-order chi connectivity index (χ0) is 35.9. The van der Waals surface area contributed by atoms with Crippen molar-refractivity contribution in [2.45, 2.75) is 231 Å². The first-order valence-electron chi connectivity index (χ1n) is 21.3. The third-order valence-corrected chi connectivity index (χ3v) is 9.66. The van der Waals surface area contributed by atoms with Crippen LogP contribution in [0.3, 0.4) is 0 Å². The van der Waals surface area contributed by atoms with Crippen LogP contribution in [0.2, 0.25) is 0 Å².